The lowest BCUT2D eigenvalue weighted by Crippen LogP contribution is -2.61. The van der Waals surface area contributed by atoms with Gasteiger partial charge < -0.3 is 127 Å². The number of aliphatic hydroxyl groups is 1. The summed E-state index contributed by atoms with van der Waals surface area (Å²) in [7, 11) is 0. The number of ether oxygens (including phenoxy) is 1. The molecular formula is C74H102N18O26. The van der Waals surface area contributed by atoms with E-state index in [2.05, 4.69) is 71.7 Å². The summed E-state index contributed by atoms with van der Waals surface area (Å²) >= 11 is 0. The zero-order valence-electron chi connectivity index (χ0n) is 64.9. The zero-order chi connectivity index (χ0) is 87.5. The molecular weight excluding hydrogens is 1560 g/mol. The zero-order valence-corrected chi connectivity index (χ0v) is 64.9. The molecule has 0 aliphatic carbocycles. The average molecular weight is 1660 g/mol. The van der Waals surface area contributed by atoms with Gasteiger partial charge in [0, 0.05) is 59.9 Å². The Balaban J connectivity index is 1.60. The number of para-hydroxylation sites is 2. The normalized spacial score (nSPS) is 21.0. The first-order valence-corrected chi connectivity index (χ1v) is 37.8. The quantitative estimate of drug-likeness (QED) is 0.0149. The molecule has 0 bridgehead atoms. The van der Waals surface area contributed by atoms with E-state index >= 15 is 0 Å². The lowest BCUT2D eigenvalue weighted by Gasteiger charge is -2.29. The highest BCUT2D eigenvalue weighted by Crippen LogP contribution is 2.23. The van der Waals surface area contributed by atoms with Crippen molar-refractivity contribution < 1.29 is 126 Å². The number of nitrogens with two attached hydrogens (primary N) is 3. The number of H-pyrrole nitrogens is 2. The van der Waals surface area contributed by atoms with Crippen LogP contribution < -0.4 is 86.3 Å². The number of cyclic esters (lactones) is 1. The predicted octanol–water partition coefficient (Wildman–Crippen LogP) is -5.90. The fourth-order valence-corrected chi connectivity index (χ4v) is 12.3. The molecule has 0 saturated carbocycles. The van der Waals surface area contributed by atoms with Gasteiger partial charge in [-0.05, 0) is 68.3 Å². The number of esters is 1. The Bertz CT molecular complexity index is 4320. The van der Waals surface area contributed by atoms with Crippen LogP contribution in [-0.4, -0.2) is 253 Å². The number of aliphatic carboxylic acids is 4. The fourth-order valence-electron chi connectivity index (χ4n) is 12.3. The van der Waals surface area contributed by atoms with Gasteiger partial charge in [0.25, 0.3) is 0 Å². The molecule has 644 valence electrons. The van der Waals surface area contributed by atoms with Crippen molar-refractivity contribution in [1.29, 1.82) is 0 Å². The minimum absolute atomic E-state index is 0.0167. The number of nitrogens with one attached hydrogen (secondary N) is 15. The van der Waals surface area contributed by atoms with Crippen LogP contribution in [0.5, 0.6) is 0 Å². The number of hydrogen-bond acceptors (Lipinski definition) is 23. The molecule has 3 heterocycles. The Labute approximate surface area is 673 Å². The molecule has 13 atom stereocenters. The highest BCUT2D eigenvalue weighted by Gasteiger charge is 2.40. The molecule has 1 aliphatic rings. The number of aliphatic hydroxyl groups excluding tert-OH is 1. The van der Waals surface area contributed by atoms with Crippen molar-refractivity contribution in [3.63, 3.8) is 0 Å². The van der Waals surface area contributed by atoms with E-state index in [9.17, 15) is 121 Å². The average Bonchev–Trinajstić information content (AvgIpc) is 1.64. The molecule has 15 amide bonds. The molecule has 44 heteroatoms. The molecule has 0 radical (unpaired) electrons. The van der Waals surface area contributed by atoms with Gasteiger partial charge in [-0.25, -0.2) is 4.79 Å². The monoisotopic (exact) mass is 1660 g/mol. The summed E-state index contributed by atoms with van der Waals surface area (Å²) in [6.45, 7) is 1.24. The number of benzene rings is 2. The third kappa shape index (κ3) is 31.9. The van der Waals surface area contributed by atoms with Crippen molar-refractivity contribution >= 4 is 140 Å². The molecule has 13 unspecified atom stereocenters. The minimum Gasteiger partial charge on any atom is -0.481 e. The number of carboxylic acids is 4. The SMILES string of the molecule is CCC(C)CCCCCCC(=O)NC(Cc1c[nH]c2ccccc12)C(=O)NC(CC(N)=O)C(=O)NC(CC(=O)O)C(=O)NC1C(=O)NCC(=O)NC(CCCN)C(=O)NC(CC(=O)O)C(=O)NC(CC(N)=O)C(=O)NC(CC(=O)O)C(=O)NCC(=O)NC(CO)C(=O)NC(CCC(=O)O)C(=O)NC(Cc2c[nH]c3ccccc23)C(=O)OC1C. The number of carboxylic acid groups (broad SMARTS) is 4. The van der Waals surface area contributed by atoms with Crippen LogP contribution in [0.15, 0.2) is 60.9 Å². The van der Waals surface area contributed by atoms with Crippen molar-refractivity contribution in [3.05, 3.63) is 72.1 Å². The van der Waals surface area contributed by atoms with Gasteiger partial charge in [0.05, 0.1) is 51.8 Å². The number of rotatable bonds is 36. The van der Waals surface area contributed by atoms with Gasteiger partial charge in [0.1, 0.15) is 72.6 Å². The van der Waals surface area contributed by atoms with Crippen molar-refractivity contribution in [2.24, 2.45) is 23.1 Å². The molecule has 5 rings (SSSR count). The van der Waals surface area contributed by atoms with Crippen molar-refractivity contribution in [1.82, 2.24) is 79.1 Å². The maximum absolute atomic E-state index is 15.0. The van der Waals surface area contributed by atoms with Gasteiger partial charge in [0.15, 0.2) is 0 Å². The van der Waals surface area contributed by atoms with E-state index in [1.807, 2.05) is 21.3 Å². The van der Waals surface area contributed by atoms with E-state index in [1.54, 1.807) is 54.7 Å². The first-order valence-electron chi connectivity index (χ1n) is 37.8. The third-order valence-corrected chi connectivity index (χ3v) is 18.8. The number of aromatic amines is 2. The van der Waals surface area contributed by atoms with Crippen LogP contribution in [0.3, 0.4) is 0 Å². The first-order chi connectivity index (χ1) is 55.9. The molecule has 1 fully saturated rings. The minimum atomic E-state index is -2.39. The lowest BCUT2D eigenvalue weighted by atomic mass is 10.00. The Hall–Kier alpha value is -13.2. The smallest absolute Gasteiger partial charge is 0.329 e. The molecule has 4 aromatic rings. The van der Waals surface area contributed by atoms with Gasteiger partial charge in [-0.2, -0.15) is 0 Å². The Kier molecular flexibility index (Phi) is 38.5. The number of hydrogen-bond donors (Lipinski definition) is 23. The molecule has 26 N–H and O–H groups in total. The van der Waals surface area contributed by atoms with E-state index in [-0.39, 0.29) is 31.4 Å². The van der Waals surface area contributed by atoms with Gasteiger partial charge in [-0.1, -0.05) is 82.3 Å². The van der Waals surface area contributed by atoms with Crippen LogP contribution in [-0.2, 0) is 113 Å². The number of fused-ring (bicyclic) bond motifs is 2. The van der Waals surface area contributed by atoms with E-state index in [0.717, 1.165) is 32.6 Å². The summed E-state index contributed by atoms with van der Waals surface area (Å²) in [6.07, 6.45) is -3.44. The van der Waals surface area contributed by atoms with Crippen LogP contribution in [0.1, 0.15) is 135 Å². The van der Waals surface area contributed by atoms with Crippen molar-refractivity contribution in [2.45, 2.75) is 209 Å². The number of primary amides is 2. The summed E-state index contributed by atoms with van der Waals surface area (Å²) in [5.74, 6) is -28.1. The van der Waals surface area contributed by atoms with Crippen LogP contribution in [0.4, 0.5) is 0 Å². The van der Waals surface area contributed by atoms with Gasteiger partial charge in [0.2, 0.25) is 88.6 Å². The third-order valence-electron chi connectivity index (χ3n) is 18.8. The second kappa shape index (κ2) is 47.6. The summed E-state index contributed by atoms with van der Waals surface area (Å²) in [5.41, 5.74) is 18.6. The molecule has 1 aliphatic heterocycles. The summed E-state index contributed by atoms with van der Waals surface area (Å²) < 4.78 is 5.82. The van der Waals surface area contributed by atoms with E-state index < -0.39 is 269 Å². The molecule has 118 heavy (non-hydrogen) atoms. The molecule has 2 aromatic heterocycles. The summed E-state index contributed by atoms with van der Waals surface area (Å²) in [5, 5.41) is 79.3. The van der Waals surface area contributed by atoms with E-state index in [0.29, 0.717) is 46.1 Å². The maximum atomic E-state index is 15.0. The largest absolute Gasteiger partial charge is 0.481 e. The van der Waals surface area contributed by atoms with Gasteiger partial charge >= 0.3 is 29.8 Å². The number of carbonyl (C=O) groups is 20. The highest BCUT2D eigenvalue weighted by atomic mass is 16.5. The predicted molar refractivity (Wildman–Crippen MR) is 411 cm³/mol. The first kappa shape index (κ1) is 95.4. The van der Waals surface area contributed by atoms with Crippen LogP contribution in [0.2, 0.25) is 0 Å². The Morgan fingerprint density at radius 3 is 1.53 bits per heavy atom. The lowest BCUT2D eigenvalue weighted by molar-refractivity contribution is -0.156. The standard InChI is InChI=1S/C74H102N18O26/c1-4-36(2)14-7-5-6-8-20-56(96)83-46(24-38-31-78-42-17-11-9-15-40(38)42)67(110)86-48(27-55(77)95)69(112)90-51(30-62(105)106)71(114)92-63-37(3)118-74(117)52(25-39-32-79-43-18-12-10-16-41(39)43)91-66(109)45(21-22-59(99)100)85-72(115)53(35-93)84-58(98)33-80-64(107)49(28-60(101)102)88-68(111)47(26-54(76)94)87-70(113)50(29-61(103)104)89-65(108)44(19-13-23-75)82-57(97)34-81-73(63)116/h9-12,15-18,31-32,36-37,44-53,63,78-79,93H,4-8,13-14,19-30,33-35,75H2,1-3H3,(H2,76,94)(H2,77,95)(H,80,107)(H,81,116)(H,82,97)(H,83,96)(H,84,98)(H,85,115)(H,86,110)(H,87,113)(H,88,111)(H,89,108)(H,90,112)(H,91,109)(H,92,114)(H,99,100)(H,101,102)(H,103,104)(H,105,106). The second-order valence-corrected chi connectivity index (χ2v) is 28.1. The second-order valence-electron chi connectivity index (χ2n) is 28.1. The highest BCUT2D eigenvalue weighted by molar-refractivity contribution is 6.03. The topological polar surface area (TPSA) is 718 Å². The van der Waals surface area contributed by atoms with Crippen molar-refractivity contribution in [2.75, 3.05) is 26.2 Å². The van der Waals surface area contributed by atoms with Crippen LogP contribution in [0, 0.1) is 5.92 Å². The molecule has 44 nitrogen and oxygen atoms in total. The fraction of sp³-hybridized carbons (Fsp3) is 0.514. The molecule has 2 aromatic carbocycles. The Morgan fingerprint density at radius 1 is 0.500 bits per heavy atom. The van der Waals surface area contributed by atoms with Crippen LogP contribution in [0.25, 0.3) is 21.8 Å². The summed E-state index contributed by atoms with van der Waals surface area (Å²) in [4.78, 5) is 279. The maximum Gasteiger partial charge on any atom is 0.329 e. The number of aromatic nitrogens is 2. The van der Waals surface area contributed by atoms with Crippen LogP contribution >= 0.6 is 0 Å². The number of unbranched alkanes of at least 4 members (excludes halogenated alkanes) is 3. The van der Waals surface area contributed by atoms with Gasteiger partial charge in [-0.15, -0.1) is 0 Å². The number of carbonyl (C=O) groups excluding carboxylic acids is 16. The summed E-state index contributed by atoms with van der Waals surface area (Å²) in [6, 6.07) is -9.45. The number of amides is 15. The molecule has 0 spiro atoms. The van der Waals surface area contributed by atoms with E-state index in [4.69, 9.17) is 21.9 Å². The van der Waals surface area contributed by atoms with Crippen molar-refractivity contribution in [3.8, 4) is 0 Å². The molecule has 1 saturated heterocycles. The Morgan fingerprint density at radius 2 is 0.983 bits per heavy atom. The van der Waals surface area contributed by atoms with E-state index in [1.165, 1.54) is 6.20 Å². The van der Waals surface area contributed by atoms with Gasteiger partial charge in [-0.3, -0.25) is 91.1 Å².